The van der Waals surface area contributed by atoms with Crippen LogP contribution in [-0.2, 0) is 16.4 Å². The maximum absolute atomic E-state index is 12.4. The van der Waals surface area contributed by atoms with E-state index < -0.39 is 15.1 Å². The summed E-state index contributed by atoms with van der Waals surface area (Å²) in [5.41, 5.74) is 0.444. The van der Waals surface area contributed by atoms with Gasteiger partial charge in [-0.1, -0.05) is 12.1 Å². The number of aromatic amines is 1. The summed E-state index contributed by atoms with van der Waals surface area (Å²) in [5.74, 6) is 0.205. The second-order valence-corrected chi connectivity index (χ2v) is 7.81. The van der Waals surface area contributed by atoms with Gasteiger partial charge in [0.15, 0.2) is 14.6 Å². The lowest BCUT2D eigenvalue weighted by Crippen LogP contribution is -2.30. The van der Waals surface area contributed by atoms with Crippen molar-refractivity contribution in [1.29, 1.82) is 0 Å². The van der Waals surface area contributed by atoms with Gasteiger partial charge in [-0.3, -0.25) is 9.36 Å². The van der Waals surface area contributed by atoms with Gasteiger partial charge >= 0.3 is 0 Å². The van der Waals surface area contributed by atoms with Gasteiger partial charge in [-0.25, -0.2) is 8.42 Å². The molecule has 1 unspecified atom stereocenters. The Bertz CT molecular complexity index is 880. The summed E-state index contributed by atoms with van der Waals surface area (Å²) in [5, 5.41) is 0.0213. The number of nitrogens with zero attached hydrogens (tertiary/aromatic N) is 1. The van der Waals surface area contributed by atoms with Gasteiger partial charge in [-0.05, 0) is 37.2 Å². The number of aromatic nitrogens is 2. The van der Waals surface area contributed by atoms with Crippen molar-refractivity contribution in [2.45, 2.75) is 24.6 Å². The Labute approximate surface area is 121 Å². The number of sulfone groups is 1. The van der Waals surface area contributed by atoms with Crippen molar-refractivity contribution in [3.63, 3.8) is 0 Å². The third-order valence-corrected chi connectivity index (χ3v) is 6.32. The summed E-state index contributed by atoms with van der Waals surface area (Å²) < 4.78 is 25.4. The maximum atomic E-state index is 12.4. The van der Waals surface area contributed by atoms with Crippen LogP contribution >= 0.6 is 12.2 Å². The molecule has 106 valence electrons. The highest BCUT2D eigenvalue weighted by atomic mass is 32.2. The summed E-state index contributed by atoms with van der Waals surface area (Å²) in [7, 11) is -3.09. The first-order chi connectivity index (χ1) is 9.49. The average Bonchev–Trinajstić information content (AvgIpc) is 2.73. The lowest BCUT2D eigenvalue weighted by Gasteiger charge is -2.12. The van der Waals surface area contributed by atoms with Crippen molar-refractivity contribution in [2.75, 3.05) is 5.75 Å². The minimum absolute atomic E-state index is 0.140. The Morgan fingerprint density at radius 2 is 2.10 bits per heavy atom. The fourth-order valence-electron chi connectivity index (χ4n) is 2.63. The summed E-state index contributed by atoms with van der Waals surface area (Å²) in [6.07, 6.45) is 1.25. The highest BCUT2D eigenvalue weighted by molar-refractivity contribution is 7.92. The number of hydrogen-bond acceptors (Lipinski definition) is 4. The van der Waals surface area contributed by atoms with Crippen LogP contribution in [-0.4, -0.2) is 29.0 Å². The molecule has 0 saturated carbocycles. The number of H-pyrrole nitrogens is 1. The van der Waals surface area contributed by atoms with Crippen molar-refractivity contribution in [1.82, 2.24) is 9.55 Å². The molecule has 1 fully saturated rings. The predicted octanol–water partition coefficient (Wildman–Crippen LogP) is 1.64. The molecule has 1 saturated heterocycles. The Morgan fingerprint density at radius 3 is 2.80 bits per heavy atom. The molecule has 0 spiro atoms. The molecule has 1 aliphatic rings. The first kappa shape index (κ1) is 13.5. The van der Waals surface area contributed by atoms with E-state index in [2.05, 4.69) is 4.98 Å². The number of nitrogens with one attached hydrogen (secondary N) is 1. The molecule has 2 heterocycles. The van der Waals surface area contributed by atoms with Gasteiger partial charge in [0.2, 0.25) is 0 Å². The lowest BCUT2D eigenvalue weighted by atomic mass is 10.2. The molecule has 20 heavy (non-hydrogen) atoms. The quantitative estimate of drug-likeness (QED) is 0.856. The second kappa shape index (κ2) is 4.82. The zero-order valence-electron chi connectivity index (χ0n) is 10.7. The third kappa shape index (κ3) is 2.20. The smallest absolute Gasteiger partial charge is 0.262 e. The van der Waals surface area contributed by atoms with Crippen molar-refractivity contribution >= 4 is 33.0 Å². The van der Waals surface area contributed by atoms with Crippen LogP contribution in [0.5, 0.6) is 0 Å². The monoisotopic (exact) mass is 310 g/mol. The van der Waals surface area contributed by atoms with Crippen LogP contribution in [0.1, 0.15) is 12.8 Å². The van der Waals surface area contributed by atoms with Gasteiger partial charge in [0.25, 0.3) is 5.56 Å². The standard InChI is InChI=1S/C13H14N2O3S2/c16-12-10-5-1-2-6-11(10)14-13(19)15(12)8-9-4-3-7-20(9,17)18/h1-2,5-6,9H,3-4,7-8H2,(H,14,19). The first-order valence-electron chi connectivity index (χ1n) is 6.42. The minimum atomic E-state index is -3.09. The van der Waals surface area contributed by atoms with Crippen LogP contribution in [0.15, 0.2) is 29.1 Å². The van der Waals surface area contributed by atoms with Gasteiger partial charge in [0, 0.05) is 6.54 Å². The molecule has 1 aromatic carbocycles. The number of rotatable bonds is 2. The number of hydrogen-bond donors (Lipinski definition) is 1. The molecule has 1 N–H and O–H groups in total. The highest BCUT2D eigenvalue weighted by Gasteiger charge is 2.32. The van der Waals surface area contributed by atoms with Crippen LogP contribution in [0.2, 0.25) is 0 Å². The summed E-state index contributed by atoms with van der Waals surface area (Å²) >= 11 is 5.19. The van der Waals surface area contributed by atoms with Crippen molar-refractivity contribution in [3.05, 3.63) is 39.4 Å². The zero-order chi connectivity index (χ0) is 14.3. The third-order valence-electron chi connectivity index (χ3n) is 3.74. The van der Waals surface area contributed by atoms with Crippen molar-refractivity contribution < 1.29 is 8.42 Å². The second-order valence-electron chi connectivity index (χ2n) is 5.02. The van der Waals surface area contributed by atoms with E-state index >= 15 is 0 Å². The van der Waals surface area contributed by atoms with Gasteiger partial charge in [0.05, 0.1) is 21.9 Å². The molecule has 5 nitrogen and oxygen atoms in total. The molecular weight excluding hydrogens is 296 g/mol. The fraction of sp³-hybridized carbons (Fsp3) is 0.385. The number of benzene rings is 1. The largest absolute Gasteiger partial charge is 0.332 e. The summed E-state index contributed by atoms with van der Waals surface area (Å²) in [6, 6.07) is 7.09. The average molecular weight is 310 g/mol. The topological polar surface area (TPSA) is 71.9 Å². The molecular formula is C13H14N2O3S2. The van der Waals surface area contributed by atoms with Crippen molar-refractivity contribution in [2.24, 2.45) is 0 Å². The SMILES string of the molecule is O=c1c2ccccc2[nH]c(=S)n1CC1CCCS1(=O)=O. The molecule has 1 atom stereocenters. The van der Waals surface area contributed by atoms with E-state index in [9.17, 15) is 13.2 Å². The van der Waals surface area contributed by atoms with Gasteiger partial charge < -0.3 is 4.98 Å². The van der Waals surface area contributed by atoms with Crippen LogP contribution < -0.4 is 5.56 Å². The van der Waals surface area contributed by atoms with E-state index in [0.29, 0.717) is 23.7 Å². The van der Waals surface area contributed by atoms with Crippen LogP contribution in [0.25, 0.3) is 10.9 Å². The molecule has 1 aromatic heterocycles. The minimum Gasteiger partial charge on any atom is -0.332 e. The Kier molecular flexibility index (Phi) is 3.25. The Morgan fingerprint density at radius 1 is 1.35 bits per heavy atom. The zero-order valence-corrected chi connectivity index (χ0v) is 12.3. The van der Waals surface area contributed by atoms with Crippen LogP contribution in [0.4, 0.5) is 0 Å². The summed E-state index contributed by atoms with van der Waals surface area (Å²) in [6.45, 7) is 0.140. The highest BCUT2D eigenvalue weighted by Crippen LogP contribution is 2.21. The van der Waals surface area contributed by atoms with Gasteiger partial charge in [-0.15, -0.1) is 0 Å². The first-order valence-corrected chi connectivity index (χ1v) is 8.55. The van der Waals surface area contributed by atoms with E-state index in [1.54, 1.807) is 18.2 Å². The normalized spacial score (nSPS) is 21.3. The molecule has 0 bridgehead atoms. The van der Waals surface area contributed by atoms with Crippen LogP contribution in [0.3, 0.4) is 0 Å². The molecule has 7 heteroatoms. The van der Waals surface area contributed by atoms with E-state index in [0.717, 1.165) is 0 Å². The van der Waals surface area contributed by atoms with E-state index in [1.165, 1.54) is 4.57 Å². The molecule has 1 aliphatic heterocycles. The summed E-state index contributed by atoms with van der Waals surface area (Å²) in [4.78, 5) is 15.4. The van der Waals surface area contributed by atoms with E-state index in [-0.39, 0.29) is 22.6 Å². The van der Waals surface area contributed by atoms with E-state index in [1.807, 2.05) is 6.07 Å². The maximum Gasteiger partial charge on any atom is 0.262 e. The lowest BCUT2D eigenvalue weighted by molar-refractivity contribution is 0.556. The van der Waals surface area contributed by atoms with E-state index in [4.69, 9.17) is 12.2 Å². The predicted molar refractivity (Wildman–Crippen MR) is 80.2 cm³/mol. The number of para-hydroxylation sites is 1. The molecule has 0 amide bonds. The fourth-order valence-corrected chi connectivity index (χ4v) is 4.70. The van der Waals surface area contributed by atoms with Gasteiger partial charge in [-0.2, -0.15) is 0 Å². The van der Waals surface area contributed by atoms with Gasteiger partial charge in [0.1, 0.15) is 0 Å². The Hall–Kier alpha value is -1.47. The molecule has 2 aromatic rings. The molecule has 3 rings (SSSR count). The molecule has 0 radical (unpaired) electrons. The van der Waals surface area contributed by atoms with Crippen molar-refractivity contribution in [3.8, 4) is 0 Å². The Balaban J connectivity index is 2.13. The number of fused-ring (bicyclic) bond motifs is 1. The molecule has 0 aliphatic carbocycles. The van der Waals surface area contributed by atoms with Crippen LogP contribution in [0, 0.1) is 4.77 Å².